The molecule has 1 amide bonds. The Morgan fingerprint density at radius 1 is 1.32 bits per heavy atom. The largest absolute Gasteiger partial charge is 0.387 e. The molecule has 1 N–H and O–H groups in total. The first-order valence-electron chi connectivity index (χ1n) is 8.91. The van der Waals surface area contributed by atoms with Gasteiger partial charge in [0.05, 0.1) is 6.10 Å². The number of hydrogen-bond acceptors (Lipinski definition) is 3. The molecule has 5 heteroatoms. The van der Waals surface area contributed by atoms with Crippen molar-refractivity contribution in [1.82, 2.24) is 4.90 Å². The Morgan fingerprint density at radius 2 is 2.12 bits per heavy atom. The van der Waals surface area contributed by atoms with Crippen LogP contribution in [0.2, 0.25) is 0 Å². The van der Waals surface area contributed by atoms with E-state index in [0.717, 1.165) is 36.2 Å². The average molecular weight is 359 g/mol. The van der Waals surface area contributed by atoms with Crippen molar-refractivity contribution >= 4 is 17.2 Å². The second kappa shape index (κ2) is 6.89. The minimum atomic E-state index is -0.495. The molecule has 3 nitrogen and oxygen atoms in total. The summed E-state index contributed by atoms with van der Waals surface area (Å²) in [6, 6.07) is 10.5. The lowest BCUT2D eigenvalue weighted by atomic mass is 10.0. The lowest BCUT2D eigenvalue weighted by Gasteiger charge is -2.26. The minimum Gasteiger partial charge on any atom is -0.387 e. The Hall–Kier alpha value is -1.72. The maximum Gasteiger partial charge on any atom is 0.226 e. The van der Waals surface area contributed by atoms with Crippen LogP contribution in [0.15, 0.2) is 41.8 Å². The number of carbonyl (C=O) groups is 1. The van der Waals surface area contributed by atoms with Gasteiger partial charge in [0.2, 0.25) is 5.91 Å². The van der Waals surface area contributed by atoms with Gasteiger partial charge in [-0.15, -0.1) is 11.3 Å². The molecule has 2 aliphatic rings. The van der Waals surface area contributed by atoms with Crippen molar-refractivity contribution in [3.05, 3.63) is 58.0 Å². The number of nitrogens with zero attached hydrogens (tertiary/aromatic N) is 1. The highest BCUT2D eigenvalue weighted by molar-refractivity contribution is 7.10. The Labute approximate surface area is 151 Å². The normalized spacial score (nSPS) is 26.6. The average Bonchev–Trinajstić information content (AvgIpc) is 3.00. The lowest BCUT2D eigenvalue weighted by molar-refractivity contribution is -0.134. The van der Waals surface area contributed by atoms with E-state index in [1.807, 2.05) is 22.4 Å². The number of aliphatic hydroxyl groups is 1. The maximum absolute atomic E-state index is 13.1. The number of benzene rings is 1. The van der Waals surface area contributed by atoms with Gasteiger partial charge < -0.3 is 10.0 Å². The quantitative estimate of drug-likeness (QED) is 0.873. The number of carbonyl (C=O) groups excluding carboxylic acids is 1. The fourth-order valence-electron chi connectivity index (χ4n) is 3.98. The molecule has 1 aromatic heterocycles. The van der Waals surface area contributed by atoms with E-state index in [-0.39, 0.29) is 29.6 Å². The second-order valence-electron chi connectivity index (χ2n) is 7.09. The van der Waals surface area contributed by atoms with E-state index in [0.29, 0.717) is 6.42 Å². The molecule has 1 saturated carbocycles. The third-order valence-corrected chi connectivity index (χ3v) is 6.41. The fraction of sp³-hybridized carbons (Fsp3) is 0.450. The SMILES string of the molecule is O=C([C@@H]1C[C@@H]1c1ccc(F)cc1)N1CCC[C@H]1C[C@@H](O)c1cccs1. The summed E-state index contributed by atoms with van der Waals surface area (Å²) in [6.07, 6.45) is 2.93. The Bertz CT molecular complexity index is 731. The van der Waals surface area contributed by atoms with Crippen LogP contribution in [-0.4, -0.2) is 28.5 Å². The molecule has 1 aromatic carbocycles. The van der Waals surface area contributed by atoms with E-state index in [2.05, 4.69) is 0 Å². The standard InChI is InChI=1S/C20H22FNO2S/c21-14-7-5-13(6-8-14)16-12-17(16)20(24)22-9-1-3-15(22)11-18(23)19-4-2-10-25-19/h2,4-8,10,15-18,23H,1,3,9,11-12H2/t15-,16+,17+,18+/m0/s1. The van der Waals surface area contributed by atoms with E-state index in [1.54, 1.807) is 23.5 Å². The Balaban J connectivity index is 1.39. The van der Waals surface area contributed by atoms with Gasteiger partial charge in [-0.25, -0.2) is 4.39 Å². The number of amides is 1. The van der Waals surface area contributed by atoms with Crippen LogP contribution in [-0.2, 0) is 4.79 Å². The zero-order chi connectivity index (χ0) is 17.4. The van der Waals surface area contributed by atoms with Crippen LogP contribution in [0.4, 0.5) is 4.39 Å². The van der Waals surface area contributed by atoms with Gasteiger partial charge in [-0.1, -0.05) is 18.2 Å². The third kappa shape index (κ3) is 3.48. The molecule has 1 aliphatic heterocycles. The van der Waals surface area contributed by atoms with Crippen molar-refractivity contribution in [1.29, 1.82) is 0 Å². The summed E-state index contributed by atoms with van der Waals surface area (Å²) in [7, 11) is 0. The zero-order valence-electron chi connectivity index (χ0n) is 14.0. The van der Waals surface area contributed by atoms with Crippen LogP contribution in [0, 0.1) is 11.7 Å². The van der Waals surface area contributed by atoms with Gasteiger partial charge in [-0.3, -0.25) is 4.79 Å². The number of hydrogen-bond donors (Lipinski definition) is 1. The molecule has 1 saturated heterocycles. The van der Waals surface area contributed by atoms with Crippen molar-refractivity contribution in [3.63, 3.8) is 0 Å². The number of rotatable bonds is 5. The molecule has 0 bridgehead atoms. The molecule has 132 valence electrons. The van der Waals surface area contributed by atoms with Crippen LogP contribution < -0.4 is 0 Å². The summed E-state index contributed by atoms with van der Waals surface area (Å²) in [5, 5.41) is 12.4. The van der Waals surface area contributed by atoms with Crippen molar-refractivity contribution < 1.29 is 14.3 Å². The summed E-state index contributed by atoms with van der Waals surface area (Å²) in [5.41, 5.74) is 1.05. The number of aliphatic hydroxyl groups excluding tert-OH is 1. The summed E-state index contributed by atoms with van der Waals surface area (Å²) in [4.78, 5) is 15.9. The summed E-state index contributed by atoms with van der Waals surface area (Å²) in [5.74, 6) is 0.200. The van der Waals surface area contributed by atoms with Crippen molar-refractivity contribution in [2.75, 3.05) is 6.54 Å². The monoisotopic (exact) mass is 359 g/mol. The fourth-order valence-corrected chi connectivity index (χ4v) is 4.71. The third-order valence-electron chi connectivity index (χ3n) is 5.43. The molecule has 4 rings (SSSR count). The Morgan fingerprint density at radius 3 is 2.84 bits per heavy atom. The lowest BCUT2D eigenvalue weighted by Crippen LogP contribution is -2.37. The molecule has 0 unspecified atom stereocenters. The second-order valence-corrected chi connectivity index (χ2v) is 8.07. The molecular weight excluding hydrogens is 337 g/mol. The van der Waals surface area contributed by atoms with E-state index in [9.17, 15) is 14.3 Å². The van der Waals surface area contributed by atoms with E-state index in [1.165, 1.54) is 12.1 Å². The van der Waals surface area contributed by atoms with Gasteiger partial charge in [0.15, 0.2) is 0 Å². The highest BCUT2D eigenvalue weighted by atomic mass is 32.1. The maximum atomic E-state index is 13.1. The van der Waals surface area contributed by atoms with Crippen LogP contribution in [0.3, 0.4) is 0 Å². The molecule has 4 atom stereocenters. The van der Waals surface area contributed by atoms with Crippen molar-refractivity contribution in [3.8, 4) is 0 Å². The molecule has 2 heterocycles. The summed E-state index contributed by atoms with van der Waals surface area (Å²) in [6.45, 7) is 0.785. The van der Waals surface area contributed by atoms with Gasteiger partial charge >= 0.3 is 0 Å². The summed E-state index contributed by atoms with van der Waals surface area (Å²) >= 11 is 1.56. The zero-order valence-corrected chi connectivity index (χ0v) is 14.8. The molecule has 2 aromatic rings. The van der Waals surface area contributed by atoms with Crippen LogP contribution >= 0.6 is 11.3 Å². The summed E-state index contributed by atoms with van der Waals surface area (Å²) < 4.78 is 13.1. The minimum absolute atomic E-state index is 0.0185. The smallest absolute Gasteiger partial charge is 0.226 e. The van der Waals surface area contributed by atoms with E-state index in [4.69, 9.17) is 0 Å². The van der Waals surface area contributed by atoms with Gasteiger partial charge in [-0.2, -0.15) is 0 Å². The first-order chi connectivity index (χ1) is 12.1. The molecular formula is C20H22FNO2S. The first-order valence-corrected chi connectivity index (χ1v) is 9.79. The van der Waals surface area contributed by atoms with Gasteiger partial charge in [0, 0.05) is 23.4 Å². The molecule has 2 fully saturated rings. The van der Waals surface area contributed by atoms with Crippen molar-refractivity contribution in [2.45, 2.75) is 43.7 Å². The predicted octanol–water partition coefficient (Wildman–Crippen LogP) is 4.11. The van der Waals surface area contributed by atoms with Gasteiger partial charge in [0.25, 0.3) is 0 Å². The highest BCUT2D eigenvalue weighted by Gasteiger charge is 2.47. The Kier molecular flexibility index (Phi) is 4.61. The van der Waals surface area contributed by atoms with Crippen LogP contribution in [0.1, 0.15) is 48.1 Å². The number of halogens is 1. The van der Waals surface area contributed by atoms with Gasteiger partial charge in [0.1, 0.15) is 5.82 Å². The number of likely N-dealkylation sites (tertiary alicyclic amines) is 1. The molecule has 25 heavy (non-hydrogen) atoms. The van der Waals surface area contributed by atoms with Gasteiger partial charge in [-0.05, 0) is 60.7 Å². The first kappa shape index (κ1) is 16.7. The molecule has 0 radical (unpaired) electrons. The number of thiophene rings is 1. The van der Waals surface area contributed by atoms with Crippen LogP contribution in [0.5, 0.6) is 0 Å². The molecule has 0 spiro atoms. The molecule has 1 aliphatic carbocycles. The predicted molar refractivity (Wildman–Crippen MR) is 95.9 cm³/mol. The van der Waals surface area contributed by atoms with E-state index < -0.39 is 6.10 Å². The highest BCUT2D eigenvalue weighted by Crippen LogP contribution is 2.49. The van der Waals surface area contributed by atoms with Crippen molar-refractivity contribution in [2.24, 2.45) is 5.92 Å². The van der Waals surface area contributed by atoms with Crippen LogP contribution in [0.25, 0.3) is 0 Å². The van der Waals surface area contributed by atoms with E-state index >= 15 is 0 Å². The topological polar surface area (TPSA) is 40.5 Å².